The molecule has 576 valence electrons. The average molecular weight is 1590 g/mol. The van der Waals surface area contributed by atoms with E-state index in [1.807, 2.05) is 0 Å². The molecule has 105 heavy (non-hydrogen) atoms. The molecular weight excluding hydrogens is 1500 g/mol. The molecule has 0 spiro atoms. The van der Waals surface area contributed by atoms with Gasteiger partial charge in [-0.3, -0.25) is 76.7 Å². The fourth-order valence-electron chi connectivity index (χ4n) is 10.0. The van der Waals surface area contributed by atoms with Crippen molar-refractivity contribution in [1.29, 1.82) is 0 Å². The Labute approximate surface area is 623 Å². The van der Waals surface area contributed by atoms with Crippen LogP contribution >= 0.6 is 64.8 Å². The van der Waals surface area contributed by atoms with Crippen LogP contribution in [0.3, 0.4) is 0 Å². The number of aliphatic hydroxyl groups excluding tert-OH is 1. The molecule has 14 atom stereocenters. The van der Waals surface area contributed by atoms with Crippen molar-refractivity contribution in [3.8, 4) is 11.5 Å². The molecule has 0 saturated carbocycles. The van der Waals surface area contributed by atoms with E-state index < -0.39 is 246 Å². The monoisotopic (exact) mass is 1590 g/mol. The zero-order chi connectivity index (χ0) is 77.8. The maximum absolute atomic E-state index is 15.1. The number of rotatable bonds is 13. The first-order valence-corrected chi connectivity index (χ1v) is 39.6. The van der Waals surface area contributed by atoms with Crippen molar-refractivity contribution >= 4 is 165 Å². The van der Waals surface area contributed by atoms with E-state index in [-0.39, 0.29) is 48.6 Å². The van der Waals surface area contributed by atoms with Gasteiger partial charge in [0.15, 0.2) is 0 Å². The number of fused-ring (bicyclic) bond motifs is 20. The van der Waals surface area contributed by atoms with E-state index in [1.54, 1.807) is 0 Å². The Morgan fingerprint density at radius 3 is 1.57 bits per heavy atom. The number of nitrogens with one attached hydrogen (secondary N) is 12. The molecule has 0 radical (unpaired) electrons. The van der Waals surface area contributed by atoms with Gasteiger partial charge in [0, 0.05) is 67.2 Å². The van der Waals surface area contributed by atoms with Gasteiger partial charge in [0.05, 0.1) is 25.1 Å². The average Bonchev–Trinajstić information content (AvgIpc) is 1.74. The SMILES string of the molecule is CC(=O)O.C[C@@H]1NC(=O)[C@@H]2CCCN2C(=O)[C@H](CC(N)=O)NC(=O)[C@@H]2CSSC[C@H](N)C(=O)N[C@H]3CSSC[C@H](NC1=O)C(=O)N[C@@H]([C@@H](C)O)C(=O)NCC(=O)N[C@H](C(=O)N[C@@H](Cc1ccc(O)cc1)C(=O)O)CSSC[C@@H](NC(=O)[C@H](Cc1ccc(O)cc1)NC(=O)[C@H](CCC(=O)O)NC3=O)C(=O)N2. The number of aliphatic carboxylic acids is 3. The lowest BCUT2D eigenvalue weighted by Crippen LogP contribution is -2.61. The van der Waals surface area contributed by atoms with Crippen LogP contribution in [0.4, 0.5) is 0 Å². The van der Waals surface area contributed by atoms with Gasteiger partial charge in [-0.2, -0.15) is 0 Å². The molecule has 2 aromatic carbocycles. The van der Waals surface area contributed by atoms with Gasteiger partial charge in [0.2, 0.25) is 82.7 Å². The number of hydrogen-bond acceptors (Lipinski definition) is 27. The van der Waals surface area contributed by atoms with E-state index in [2.05, 4.69) is 63.8 Å². The van der Waals surface area contributed by atoms with Gasteiger partial charge in [-0.25, -0.2) is 4.79 Å². The number of carbonyl (C=O) groups is 17. The van der Waals surface area contributed by atoms with Crippen LogP contribution in [0.15, 0.2) is 48.5 Å². The summed E-state index contributed by atoms with van der Waals surface area (Å²) in [5, 5.41) is 87.9. The third kappa shape index (κ3) is 29.1. The Kier molecular flexibility index (Phi) is 35.4. The summed E-state index contributed by atoms with van der Waals surface area (Å²) in [6, 6.07) is -11.7. The molecule has 4 heterocycles. The molecule has 4 aliphatic heterocycles. The molecule has 44 heteroatoms. The fourth-order valence-corrected chi connectivity index (χ4v) is 17.0. The Morgan fingerprint density at radius 1 is 0.571 bits per heavy atom. The number of benzene rings is 2. The summed E-state index contributed by atoms with van der Waals surface area (Å²) in [5.41, 5.74) is 12.6. The number of hydrogen-bond donors (Lipinski definition) is 20. The molecule has 4 saturated heterocycles. The van der Waals surface area contributed by atoms with Gasteiger partial charge in [-0.15, -0.1) is 0 Å². The van der Waals surface area contributed by atoms with Gasteiger partial charge in [0.25, 0.3) is 5.97 Å². The number of nitrogens with zero attached hydrogens (tertiary/aromatic N) is 1. The highest BCUT2D eigenvalue weighted by atomic mass is 33.1. The van der Waals surface area contributed by atoms with Gasteiger partial charge in [-0.1, -0.05) is 89.0 Å². The molecule has 0 unspecified atom stereocenters. The van der Waals surface area contributed by atoms with Gasteiger partial charge >= 0.3 is 11.9 Å². The third-order valence-corrected chi connectivity index (χ3v) is 22.9. The van der Waals surface area contributed by atoms with E-state index in [4.69, 9.17) is 21.4 Å². The minimum absolute atomic E-state index is 0.00937. The topological polar surface area (TPSA) is 611 Å². The maximum Gasteiger partial charge on any atom is 0.326 e. The molecule has 4 aliphatic rings. The second-order valence-electron chi connectivity index (χ2n) is 24.0. The number of aromatic hydroxyl groups is 2. The molecule has 6 rings (SSSR count). The number of aliphatic hydroxyl groups is 1. The van der Waals surface area contributed by atoms with E-state index in [9.17, 15) is 92.7 Å². The van der Waals surface area contributed by atoms with Crippen molar-refractivity contribution in [1.82, 2.24) is 68.7 Å². The zero-order valence-electron chi connectivity index (χ0n) is 56.5. The Hall–Kier alpha value is -8.95. The number of carboxylic acid groups (broad SMARTS) is 3. The lowest BCUT2D eigenvalue weighted by atomic mass is 10.0. The largest absolute Gasteiger partial charge is 0.508 e. The molecule has 4 bridgehead atoms. The number of amides is 14. The summed E-state index contributed by atoms with van der Waals surface area (Å²) < 4.78 is 0. The first-order valence-electron chi connectivity index (χ1n) is 32.2. The van der Waals surface area contributed by atoms with Crippen molar-refractivity contribution in [2.45, 2.75) is 150 Å². The lowest BCUT2D eigenvalue weighted by molar-refractivity contribution is -0.143. The molecule has 0 aliphatic carbocycles. The van der Waals surface area contributed by atoms with Crippen molar-refractivity contribution in [2.75, 3.05) is 47.6 Å². The quantitative estimate of drug-likeness (QED) is 0.0656. The standard InChI is InChI=1S/C59H79N15O21S6.C2H4O2/c1-26-47(82)69-41-25-101-99-22-38-52(87)65-33(13-14-45(80)81)49(84)66-34(16-28-5-9-30(76)10-6-28)50(85)71-40(54(89)72-39(23-97-96-20-32(60)48(83)70-38)53(88)67-35(18-43(61)78)58(93)74-15-3-4-42(74)56(91)63-26)24-100-98-21-37(64-44(79)19-62-57(92)46(27(2)75)73-55(41)90)51(86)68-36(59(94)95)17-29-7-11-31(77)12-8-29;1-2(3)4/h5-12,26-27,32-42,46,75-77H,3-4,13-25,60H2,1-2H3,(H2,61,78)(H,62,92)(H,63,91)(H,64,79)(H,65,87)(H,66,84)(H,67,88)(H,68,86)(H,69,82)(H,70,83)(H,71,85)(H,72,89)(H,73,90)(H,80,81)(H,94,95);1H3,(H,3,4)/t26-,27+,32-,33-,34-,35-,36-,37-,38-,39-,40+,41-,42-,46-;/m0./s1. The second-order valence-corrected chi connectivity index (χ2v) is 31.6. The molecule has 22 N–H and O–H groups in total. The van der Waals surface area contributed by atoms with E-state index in [1.165, 1.54) is 55.5 Å². The van der Waals surface area contributed by atoms with Crippen molar-refractivity contribution in [3.05, 3.63) is 59.7 Å². The zero-order valence-corrected chi connectivity index (χ0v) is 61.4. The number of phenols is 2. The van der Waals surface area contributed by atoms with E-state index in [0.29, 0.717) is 5.56 Å². The summed E-state index contributed by atoms with van der Waals surface area (Å²) in [5.74, 6) is -22.5. The van der Waals surface area contributed by atoms with E-state index >= 15 is 9.59 Å². The van der Waals surface area contributed by atoms with Crippen LogP contribution in [0.2, 0.25) is 0 Å². The van der Waals surface area contributed by atoms with Gasteiger partial charge in [-0.05, 0) is 68.5 Å². The highest BCUT2D eigenvalue weighted by Crippen LogP contribution is 2.28. The smallest absolute Gasteiger partial charge is 0.326 e. The Bertz CT molecular complexity index is 3510. The number of phenolic OH excluding ortho intramolecular Hbond substituents is 2. The van der Waals surface area contributed by atoms with Crippen molar-refractivity contribution < 1.29 is 112 Å². The van der Waals surface area contributed by atoms with Crippen LogP contribution < -0.4 is 75.3 Å². The van der Waals surface area contributed by atoms with Crippen LogP contribution in [-0.4, -0.2) is 268 Å². The number of primary amides is 1. The van der Waals surface area contributed by atoms with E-state index in [0.717, 1.165) is 83.5 Å². The lowest BCUT2D eigenvalue weighted by Gasteiger charge is -2.30. The summed E-state index contributed by atoms with van der Waals surface area (Å²) in [6.07, 6.45) is -4.71. The molecule has 2 aromatic rings. The second kappa shape index (κ2) is 42.9. The Balaban J connectivity index is 0.00000482. The first kappa shape index (κ1) is 86.7. The van der Waals surface area contributed by atoms with Crippen LogP contribution in [0, 0.1) is 0 Å². The summed E-state index contributed by atoms with van der Waals surface area (Å²) in [4.78, 5) is 236. The minimum Gasteiger partial charge on any atom is -0.508 e. The molecule has 38 nitrogen and oxygen atoms in total. The molecule has 0 aromatic heterocycles. The number of nitrogens with two attached hydrogens (primary N) is 2. The number of carboxylic acids is 3. The number of carbonyl (C=O) groups excluding carboxylic acids is 14. The highest BCUT2D eigenvalue weighted by Gasteiger charge is 2.42. The van der Waals surface area contributed by atoms with Crippen molar-refractivity contribution in [2.24, 2.45) is 11.5 Å². The first-order chi connectivity index (χ1) is 49.6. The van der Waals surface area contributed by atoms with Crippen molar-refractivity contribution in [3.63, 3.8) is 0 Å². The molecule has 4 fully saturated rings. The predicted molar refractivity (Wildman–Crippen MR) is 384 cm³/mol. The highest BCUT2D eigenvalue weighted by molar-refractivity contribution is 8.77. The van der Waals surface area contributed by atoms with Crippen LogP contribution in [-0.2, 0) is 94.3 Å². The summed E-state index contributed by atoms with van der Waals surface area (Å²) in [7, 11) is 4.74. The maximum atomic E-state index is 15.1. The fraction of sp³-hybridized carbons (Fsp3) is 0.525. The summed E-state index contributed by atoms with van der Waals surface area (Å²) in [6.45, 7) is 2.26. The van der Waals surface area contributed by atoms with Crippen LogP contribution in [0.25, 0.3) is 0 Å². The molecular formula is C61H83N15O23S6. The normalized spacial score (nSPS) is 26.5. The minimum atomic E-state index is -1.93. The predicted octanol–water partition coefficient (Wildman–Crippen LogP) is -5.85. The van der Waals surface area contributed by atoms with Crippen LogP contribution in [0.1, 0.15) is 64.0 Å². The molecule has 14 amide bonds. The van der Waals surface area contributed by atoms with Crippen LogP contribution in [0.5, 0.6) is 11.5 Å². The third-order valence-electron chi connectivity index (χ3n) is 15.6. The van der Waals surface area contributed by atoms with Gasteiger partial charge < -0.3 is 111 Å². The Morgan fingerprint density at radius 2 is 1.04 bits per heavy atom. The summed E-state index contributed by atoms with van der Waals surface area (Å²) >= 11 is 0. The van der Waals surface area contributed by atoms with Gasteiger partial charge in [0.1, 0.15) is 84.0 Å².